The fourth-order valence-corrected chi connectivity index (χ4v) is 3.27. The quantitative estimate of drug-likeness (QED) is 0.901. The Morgan fingerprint density at radius 2 is 1.68 bits per heavy atom. The van der Waals surface area contributed by atoms with Crippen LogP contribution >= 0.6 is 0 Å². The third-order valence-electron chi connectivity index (χ3n) is 4.67. The van der Waals surface area contributed by atoms with Gasteiger partial charge in [0.2, 0.25) is 0 Å². The van der Waals surface area contributed by atoms with E-state index in [-0.39, 0.29) is 5.82 Å². The highest BCUT2D eigenvalue weighted by Crippen LogP contribution is 2.37. The van der Waals surface area contributed by atoms with Crippen molar-refractivity contribution in [2.75, 3.05) is 20.1 Å². The minimum absolute atomic E-state index is 0.135. The number of hydrogen-bond donors (Lipinski definition) is 1. The summed E-state index contributed by atoms with van der Waals surface area (Å²) in [5, 5.41) is 3.79. The Morgan fingerprint density at radius 1 is 1.05 bits per heavy atom. The van der Waals surface area contributed by atoms with Crippen molar-refractivity contribution in [3.8, 4) is 0 Å². The summed E-state index contributed by atoms with van der Waals surface area (Å²) in [5.41, 5.74) is 1.29. The van der Waals surface area contributed by atoms with E-state index in [1.165, 1.54) is 44.3 Å². The first-order chi connectivity index (χ1) is 9.20. The number of hydrogen-bond acceptors (Lipinski definition) is 2. The van der Waals surface area contributed by atoms with E-state index < -0.39 is 0 Å². The molecule has 0 unspecified atom stereocenters. The van der Waals surface area contributed by atoms with E-state index in [9.17, 15) is 4.39 Å². The Morgan fingerprint density at radius 3 is 2.32 bits per heavy atom. The molecule has 1 aliphatic heterocycles. The van der Waals surface area contributed by atoms with Crippen molar-refractivity contribution < 1.29 is 4.39 Å². The molecule has 2 nitrogen and oxygen atoms in total. The summed E-state index contributed by atoms with van der Waals surface area (Å²) in [4.78, 5) is 2.40. The molecular weight excluding hydrogens is 239 g/mol. The molecule has 2 aliphatic rings. The van der Waals surface area contributed by atoms with Crippen LogP contribution in [0, 0.1) is 5.82 Å². The van der Waals surface area contributed by atoms with Crippen molar-refractivity contribution >= 4 is 0 Å². The van der Waals surface area contributed by atoms with Crippen molar-refractivity contribution in [3.05, 3.63) is 35.6 Å². The van der Waals surface area contributed by atoms with Crippen molar-refractivity contribution in [3.63, 3.8) is 0 Å². The molecule has 0 bridgehead atoms. The van der Waals surface area contributed by atoms with Gasteiger partial charge < -0.3 is 10.2 Å². The van der Waals surface area contributed by atoms with Gasteiger partial charge >= 0.3 is 0 Å². The molecule has 104 valence electrons. The van der Waals surface area contributed by atoms with Gasteiger partial charge in [-0.05, 0) is 69.4 Å². The lowest BCUT2D eigenvalue weighted by molar-refractivity contribution is 0.192. The number of halogens is 1. The molecule has 3 rings (SSSR count). The molecule has 0 radical (unpaired) electrons. The first-order valence-corrected chi connectivity index (χ1v) is 7.41. The Kier molecular flexibility index (Phi) is 3.85. The smallest absolute Gasteiger partial charge is 0.123 e. The first kappa shape index (κ1) is 13.1. The predicted molar refractivity (Wildman–Crippen MR) is 75.8 cm³/mol. The number of nitrogens with zero attached hydrogens (tertiary/aromatic N) is 1. The van der Waals surface area contributed by atoms with Crippen molar-refractivity contribution in [1.82, 2.24) is 10.2 Å². The van der Waals surface area contributed by atoms with Gasteiger partial charge in [-0.2, -0.15) is 0 Å². The minimum atomic E-state index is -0.135. The van der Waals surface area contributed by atoms with Gasteiger partial charge in [-0.3, -0.25) is 0 Å². The van der Waals surface area contributed by atoms with Crippen LogP contribution in [0.3, 0.4) is 0 Å². The van der Waals surface area contributed by atoms with Gasteiger partial charge in [-0.25, -0.2) is 4.39 Å². The van der Waals surface area contributed by atoms with Gasteiger partial charge in [-0.15, -0.1) is 0 Å². The first-order valence-electron chi connectivity index (χ1n) is 7.41. The third kappa shape index (κ3) is 3.15. The number of piperidine rings is 1. The summed E-state index contributed by atoms with van der Waals surface area (Å²) in [6, 6.07) is 8.40. The average Bonchev–Trinajstić information content (AvgIpc) is 2.37. The maximum atomic E-state index is 12.9. The van der Waals surface area contributed by atoms with Crippen LogP contribution < -0.4 is 5.32 Å². The van der Waals surface area contributed by atoms with Gasteiger partial charge in [0.25, 0.3) is 0 Å². The van der Waals surface area contributed by atoms with Crippen molar-refractivity contribution in [1.29, 1.82) is 0 Å². The third-order valence-corrected chi connectivity index (χ3v) is 4.67. The zero-order chi connectivity index (χ0) is 13.2. The summed E-state index contributed by atoms with van der Waals surface area (Å²) in [6.45, 7) is 2.43. The van der Waals surface area contributed by atoms with Crippen LogP contribution in [-0.2, 0) is 0 Å². The summed E-state index contributed by atoms with van der Waals surface area (Å²) < 4.78 is 12.9. The van der Waals surface area contributed by atoms with E-state index in [2.05, 4.69) is 17.3 Å². The molecule has 1 heterocycles. The SMILES string of the molecule is CN1CCC(NC2CC(c3ccc(F)cc3)C2)CC1. The lowest BCUT2D eigenvalue weighted by Gasteiger charge is -2.40. The van der Waals surface area contributed by atoms with E-state index in [1.54, 1.807) is 12.1 Å². The average molecular weight is 262 g/mol. The van der Waals surface area contributed by atoms with Gasteiger partial charge in [0, 0.05) is 12.1 Å². The second kappa shape index (κ2) is 5.59. The molecule has 1 aromatic rings. The summed E-state index contributed by atoms with van der Waals surface area (Å²) in [5.74, 6) is 0.494. The second-order valence-electron chi connectivity index (χ2n) is 6.16. The fraction of sp³-hybridized carbons (Fsp3) is 0.625. The standard InChI is InChI=1S/C16H23FN2/c1-19-8-6-15(7-9-19)18-16-10-13(11-16)12-2-4-14(17)5-3-12/h2-5,13,15-16,18H,6-11H2,1H3. The maximum absolute atomic E-state index is 12.9. The van der Waals surface area contributed by atoms with Crippen LogP contribution in [0.5, 0.6) is 0 Å². The molecule has 3 heteroatoms. The number of benzene rings is 1. The normalized spacial score (nSPS) is 29.2. The van der Waals surface area contributed by atoms with Crippen LogP contribution in [0.1, 0.15) is 37.2 Å². The molecule has 0 aromatic heterocycles. The molecule has 0 amide bonds. The van der Waals surface area contributed by atoms with Crippen LogP contribution in [0.4, 0.5) is 4.39 Å². The Labute approximate surface area is 115 Å². The monoisotopic (exact) mass is 262 g/mol. The van der Waals surface area contributed by atoms with Crippen LogP contribution in [-0.4, -0.2) is 37.1 Å². The highest BCUT2D eigenvalue weighted by Gasteiger charge is 2.32. The second-order valence-corrected chi connectivity index (χ2v) is 6.16. The molecule has 19 heavy (non-hydrogen) atoms. The largest absolute Gasteiger partial charge is 0.311 e. The number of likely N-dealkylation sites (tertiary alicyclic amines) is 1. The summed E-state index contributed by atoms with van der Waals surface area (Å²) in [7, 11) is 2.20. The number of nitrogens with one attached hydrogen (secondary N) is 1. The Bertz CT molecular complexity index is 403. The molecule has 1 saturated heterocycles. The number of rotatable bonds is 3. The molecule has 0 spiro atoms. The Balaban J connectivity index is 1.44. The zero-order valence-corrected chi connectivity index (χ0v) is 11.6. The lowest BCUT2D eigenvalue weighted by atomic mass is 9.75. The van der Waals surface area contributed by atoms with Crippen LogP contribution in [0.15, 0.2) is 24.3 Å². The molecule has 2 fully saturated rings. The highest BCUT2D eigenvalue weighted by atomic mass is 19.1. The lowest BCUT2D eigenvalue weighted by Crippen LogP contribution is -2.49. The van der Waals surface area contributed by atoms with Gasteiger partial charge in [0.15, 0.2) is 0 Å². The van der Waals surface area contributed by atoms with Gasteiger partial charge in [-0.1, -0.05) is 12.1 Å². The fourth-order valence-electron chi connectivity index (χ4n) is 3.27. The van der Waals surface area contributed by atoms with E-state index >= 15 is 0 Å². The Hall–Kier alpha value is -0.930. The molecule has 1 N–H and O–H groups in total. The highest BCUT2D eigenvalue weighted by molar-refractivity contribution is 5.23. The van der Waals surface area contributed by atoms with Gasteiger partial charge in [0.05, 0.1) is 0 Å². The topological polar surface area (TPSA) is 15.3 Å². The molecule has 0 atom stereocenters. The van der Waals surface area contributed by atoms with E-state index in [1.807, 2.05) is 12.1 Å². The predicted octanol–water partition coefficient (Wildman–Crippen LogP) is 2.76. The van der Waals surface area contributed by atoms with E-state index in [0.717, 1.165) is 0 Å². The van der Waals surface area contributed by atoms with Crippen LogP contribution in [0.2, 0.25) is 0 Å². The molecule has 1 aromatic carbocycles. The van der Waals surface area contributed by atoms with Crippen molar-refractivity contribution in [2.24, 2.45) is 0 Å². The molecular formula is C16H23FN2. The van der Waals surface area contributed by atoms with E-state index in [4.69, 9.17) is 0 Å². The summed E-state index contributed by atoms with van der Waals surface area (Å²) in [6.07, 6.45) is 4.96. The summed E-state index contributed by atoms with van der Waals surface area (Å²) >= 11 is 0. The zero-order valence-electron chi connectivity index (χ0n) is 11.6. The van der Waals surface area contributed by atoms with Crippen LogP contribution in [0.25, 0.3) is 0 Å². The maximum Gasteiger partial charge on any atom is 0.123 e. The molecule has 1 aliphatic carbocycles. The minimum Gasteiger partial charge on any atom is -0.311 e. The molecule has 1 saturated carbocycles. The van der Waals surface area contributed by atoms with E-state index in [0.29, 0.717) is 18.0 Å². The van der Waals surface area contributed by atoms with Gasteiger partial charge in [0.1, 0.15) is 5.82 Å². The van der Waals surface area contributed by atoms with Crippen molar-refractivity contribution in [2.45, 2.75) is 43.7 Å².